The van der Waals surface area contributed by atoms with Gasteiger partial charge in [-0.05, 0) is 31.0 Å². The number of para-hydroxylation sites is 1. The van der Waals surface area contributed by atoms with Crippen molar-refractivity contribution in [1.82, 2.24) is 9.80 Å². The Morgan fingerprint density at radius 3 is 2.32 bits per heavy atom. The Labute approximate surface area is 150 Å². The summed E-state index contributed by atoms with van der Waals surface area (Å²) in [5.41, 5.74) is 3.35. The van der Waals surface area contributed by atoms with Gasteiger partial charge in [-0.2, -0.15) is 0 Å². The van der Waals surface area contributed by atoms with Crippen molar-refractivity contribution < 1.29 is 4.79 Å². The number of nitrogens with zero attached hydrogens (tertiary/aromatic N) is 2. The maximum Gasteiger partial charge on any atom is 0.241 e. The fourth-order valence-electron chi connectivity index (χ4n) is 3.27. The summed E-state index contributed by atoms with van der Waals surface area (Å²) in [5, 5.41) is 3.06. The lowest BCUT2D eigenvalue weighted by molar-refractivity contribution is -0.121. The van der Waals surface area contributed by atoms with Crippen LogP contribution in [-0.2, 0) is 11.3 Å². The third-order valence-electron chi connectivity index (χ3n) is 4.99. The van der Waals surface area contributed by atoms with Crippen molar-refractivity contribution in [3.63, 3.8) is 0 Å². The summed E-state index contributed by atoms with van der Waals surface area (Å²) in [6, 6.07) is 18.4. The molecule has 0 spiro atoms. The number of hydrogen-bond donors (Lipinski definition) is 1. The number of anilines is 1. The van der Waals surface area contributed by atoms with Gasteiger partial charge in [-0.15, -0.1) is 0 Å². The molecule has 3 rings (SSSR count). The fourth-order valence-corrected chi connectivity index (χ4v) is 3.27. The molecule has 1 aliphatic rings. The topological polar surface area (TPSA) is 35.6 Å². The predicted octanol–water partition coefficient (Wildman–Crippen LogP) is 3.14. The molecule has 0 aromatic heterocycles. The second-order valence-electron chi connectivity index (χ2n) is 6.78. The Morgan fingerprint density at radius 2 is 1.64 bits per heavy atom. The van der Waals surface area contributed by atoms with Crippen molar-refractivity contribution in [2.45, 2.75) is 26.4 Å². The standard InChI is InChI=1S/C21H27N3O/c1-17-8-6-7-11-20(17)22-21(25)18(2)24-14-12-23(13-15-24)16-19-9-4-3-5-10-19/h3-11,18H,12-16H2,1-2H3,(H,22,25)/t18-/m1/s1. The van der Waals surface area contributed by atoms with Crippen LogP contribution in [0.4, 0.5) is 5.69 Å². The highest BCUT2D eigenvalue weighted by Gasteiger charge is 2.25. The van der Waals surface area contributed by atoms with E-state index in [0.717, 1.165) is 44.0 Å². The lowest BCUT2D eigenvalue weighted by atomic mass is 10.1. The minimum absolute atomic E-state index is 0.0748. The van der Waals surface area contributed by atoms with Crippen LogP contribution in [-0.4, -0.2) is 47.9 Å². The smallest absolute Gasteiger partial charge is 0.241 e. The molecule has 0 saturated carbocycles. The number of amides is 1. The number of aryl methyl sites for hydroxylation is 1. The third kappa shape index (κ3) is 4.68. The Morgan fingerprint density at radius 1 is 1.00 bits per heavy atom. The summed E-state index contributed by atoms with van der Waals surface area (Å²) in [6.07, 6.45) is 0. The highest BCUT2D eigenvalue weighted by molar-refractivity contribution is 5.95. The molecule has 0 radical (unpaired) electrons. The zero-order valence-electron chi connectivity index (χ0n) is 15.1. The Balaban J connectivity index is 1.50. The summed E-state index contributed by atoms with van der Waals surface area (Å²) in [4.78, 5) is 17.3. The van der Waals surface area contributed by atoms with E-state index in [9.17, 15) is 4.79 Å². The number of nitrogens with one attached hydrogen (secondary N) is 1. The molecule has 1 saturated heterocycles. The molecule has 4 nitrogen and oxygen atoms in total. The van der Waals surface area contributed by atoms with E-state index in [-0.39, 0.29) is 11.9 Å². The number of benzene rings is 2. The van der Waals surface area contributed by atoms with Gasteiger partial charge in [0.15, 0.2) is 0 Å². The van der Waals surface area contributed by atoms with E-state index in [0.29, 0.717) is 0 Å². The van der Waals surface area contributed by atoms with Crippen molar-refractivity contribution in [3.8, 4) is 0 Å². The quantitative estimate of drug-likeness (QED) is 0.910. The van der Waals surface area contributed by atoms with Crippen LogP contribution in [0.2, 0.25) is 0 Å². The van der Waals surface area contributed by atoms with Gasteiger partial charge < -0.3 is 5.32 Å². The van der Waals surface area contributed by atoms with Gasteiger partial charge in [-0.1, -0.05) is 48.5 Å². The second kappa shape index (κ2) is 8.28. The number of carbonyl (C=O) groups excluding carboxylic acids is 1. The molecule has 1 aliphatic heterocycles. The molecule has 1 atom stereocenters. The van der Waals surface area contributed by atoms with Crippen molar-refractivity contribution in [2.75, 3.05) is 31.5 Å². The number of hydrogen-bond acceptors (Lipinski definition) is 3. The second-order valence-corrected chi connectivity index (χ2v) is 6.78. The third-order valence-corrected chi connectivity index (χ3v) is 4.99. The first kappa shape index (κ1) is 17.6. The van der Waals surface area contributed by atoms with Crippen molar-refractivity contribution >= 4 is 11.6 Å². The maximum absolute atomic E-state index is 12.6. The van der Waals surface area contributed by atoms with Crippen molar-refractivity contribution in [3.05, 3.63) is 65.7 Å². The molecule has 0 aliphatic carbocycles. The number of piperazine rings is 1. The first-order chi connectivity index (χ1) is 12.1. The van der Waals surface area contributed by atoms with E-state index in [1.54, 1.807) is 0 Å². The Hall–Kier alpha value is -2.17. The highest BCUT2D eigenvalue weighted by Crippen LogP contribution is 2.15. The van der Waals surface area contributed by atoms with E-state index < -0.39 is 0 Å². The molecule has 0 unspecified atom stereocenters. The summed E-state index contributed by atoms with van der Waals surface area (Å²) in [7, 11) is 0. The van der Waals surface area contributed by atoms with Crippen LogP contribution in [0.5, 0.6) is 0 Å². The van der Waals surface area contributed by atoms with Crippen molar-refractivity contribution in [2.24, 2.45) is 0 Å². The minimum atomic E-state index is -0.113. The lowest BCUT2D eigenvalue weighted by Crippen LogP contribution is -2.52. The molecular weight excluding hydrogens is 310 g/mol. The number of rotatable bonds is 5. The molecule has 4 heteroatoms. The normalized spacial score (nSPS) is 17.2. The molecule has 25 heavy (non-hydrogen) atoms. The lowest BCUT2D eigenvalue weighted by Gasteiger charge is -2.37. The molecule has 0 bridgehead atoms. The van der Waals surface area contributed by atoms with Crippen LogP contribution >= 0.6 is 0 Å². The van der Waals surface area contributed by atoms with Gasteiger partial charge >= 0.3 is 0 Å². The van der Waals surface area contributed by atoms with E-state index in [1.165, 1.54) is 5.56 Å². The summed E-state index contributed by atoms with van der Waals surface area (Å²) < 4.78 is 0. The van der Waals surface area contributed by atoms with Gasteiger partial charge in [0.05, 0.1) is 6.04 Å². The van der Waals surface area contributed by atoms with Gasteiger partial charge in [0.1, 0.15) is 0 Å². The summed E-state index contributed by atoms with van der Waals surface area (Å²) in [5.74, 6) is 0.0748. The molecule has 1 amide bonds. The monoisotopic (exact) mass is 337 g/mol. The van der Waals surface area contributed by atoms with Gasteiger partial charge in [-0.3, -0.25) is 14.6 Å². The van der Waals surface area contributed by atoms with E-state index in [4.69, 9.17) is 0 Å². The van der Waals surface area contributed by atoms with Crippen molar-refractivity contribution in [1.29, 1.82) is 0 Å². The fraction of sp³-hybridized carbons (Fsp3) is 0.381. The van der Waals surface area contributed by atoms with E-state index >= 15 is 0 Å². The van der Waals surface area contributed by atoms with Gasteiger partial charge in [0, 0.05) is 38.4 Å². The minimum Gasteiger partial charge on any atom is -0.324 e. The number of carbonyl (C=O) groups is 1. The highest BCUT2D eigenvalue weighted by atomic mass is 16.2. The average Bonchev–Trinajstić information content (AvgIpc) is 2.64. The van der Waals surface area contributed by atoms with E-state index in [2.05, 4.69) is 45.4 Å². The van der Waals surface area contributed by atoms with Crippen LogP contribution < -0.4 is 5.32 Å². The van der Waals surface area contributed by atoms with Gasteiger partial charge in [-0.25, -0.2) is 0 Å². The molecule has 1 N–H and O–H groups in total. The predicted molar refractivity (Wildman–Crippen MR) is 103 cm³/mol. The zero-order chi connectivity index (χ0) is 17.6. The summed E-state index contributed by atoms with van der Waals surface area (Å²) >= 11 is 0. The van der Waals surface area contributed by atoms with Crippen LogP contribution in [0.15, 0.2) is 54.6 Å². The van der Waals surface area contributed by atoms with Gasteiger partial charge in [0.25, 0.3) is 0 Å². The maximum atomic E-state index is 12.6. The zero-order valence-corrected chi connectivity index (χ0v) is 15.1. The molecule has 1 fully saturated rings. The Kier molecular flexibility index (Phi) is 5.84. The molecule has 132 valence electrons. The largest absolute Gasteiger partial charge is 0.324 e. The van der Waals surface area contributed by atoms with E-state index in [1.807, 2.05) is 38.1 Å². The first-order valence-corrected chi connectivity index (χ1v) is 9.00. The van der Waals surface area contributed by atoms with Crippen LogP contribution in [0.25, 0.3) is 0 Å². The first-order valence-electron chi connectivity index (χ1n) is 9.00. The summed E-state index contributed by atoms with van der Waals surface area (Å²) in [6.45, 7) is 8.85. The Bertz CT molecular complexity index is 693. The molecule has 1 heterocycles. The van der Waals surface area contributed by atoms with Crippen LogP contribution in [0.3, 0.4) is 0 Å². The average molecular weight is 337 g/mol. The molecule has 2 aromatic rings. The molecular formula is C21H27N3O. The van der Waals surface area contributed by atoms with Gasteiger partial charge in [0.2, 0.25) is 5.91 Å². The van der Waals surface area contributed by atoms with Crippen LogP contribution in [0.1, 0.15) is 18.1 Å². The molecule has 2 aromatic carbocycles. The van der Waals surface area contributed by atoms with Crippen LogP contribution in [0, 0.1) is 6.92 Å². The SMILES string of the molecule is Cc1ccccc1NC(=O)[C@@H](C)N1CCN(Cc2ccccc2)CC1.